The minimum atomic E-state index is -0.249. The van der Waals surface area contributed by atoms with Crippen LogP contribution >= 0.6 is 0 Å². The van der Waals surface area contributed by atoms with Crippen molar-refractivity contribution in [2.45, 2.75) is 59.4 Å². The van der Waals surface area contributed by atoms with Crippen molar-refractivity contribution in [3.63, 3.8) is 0 Å². The van der Waals surface area contributed by atoms with Gasteiger partial charge in [0.2, 0.25) is 5.91 Å². The maximum Gasteiger partial charge on any atom is 0.270 e. The van der Waals surface area contributed by atoms with Gasteiger partial charge in [-0.15, -0.1) is 0 Å². The molecule has 0 unspecified atom stereocenters. The van der Waals surface area contributed by atoms with Gasteiger partial charge in [-0.25, -0.2) is 4.68 Å². The molecule has 31 heavy (non-hydrogen) atoms. The van der Waals surface area contributed by atoms with Gasteiger partial charge in [-0.3, -0.25) is 9.59 Å². The molecule has 5 nitrogen and oxygen atoms in total. The zero-order valence-corrected chi connectivity index (χ0v) is 18.5. The van der Waals surface area contributed by atoms with Crippen molar-refractivity contribution in [2.24, 2.45) is 0 Å². The maximum absolute atomic E-state index is 13.1. The fraction of sp³-hybridized carbons (Fsp3) is 0.346. The van der Waals surface area contributed by atoms with E-state index in [9.17, 15) is 9.59 Å². The minimum Gasteiger partial charge on any atom is -0.324 e. The molecule has 0 bridgehead atoms. The van der Waals surface area contributed by atoms with Gasteiger partial charge >= 0.3 is 0 Å². The number of nitrogens with one attached hydrogen (secondary N) is 1. The molecule has 0 fully saturated rings. The second kappa shape index (κ2) is 8.88. The van der Waals surface area contributed by atoms with Crippen molar-refractivity contribution in [2.75, 3.05) is 5.32 Å². The fourth-order valence-electron chi connectivity index (χ4n) is 4.26. The van der Waals surface area contributed by atoms with E-state index < -0.39 is 0 Å². The smallest absolute Gasteiger partial charge is 0.270 e. The zero-order chi connectivity index (χ0) is 22.0. The summed E-state index contributed by atoms with van der Waals surface area (Å²) in [6.45, 7) is 6.12. The van der Waals surface area contributed by atoms with Crippen molar-refractivity contribution >= 4 is 11.6 Å². The van der Waals surface area contributed by atoms with Crippen molar-refractivity contribution in [3.8, 4) is 11.3 Å². The summed E-state index contributed by atoms with van der Waals surface area (Å²) in [6, 6.07) is 14.1. The second-order valence-corrected chi connectivity index (χ2v) is 8.39. The molecule has 0 atom stereocenters. The number of benzene rings is 2. The molecule has 1 amide bonds. The van der Waals surface area contributed by atoms with E-state index in [1.807, 2.05) is 24.3 Å². The summed E-state index contributed by atoms with van der Waals surface area (Å²) < 4.78 is 1.34. The van der Waals surface area contributed by atoms with Crippen molar-refractivity contribution in [1.29, 1.82) is 0 Å². The molecule has 3 aromatic rings. The van der Waals surface area contributed by atoms with Gasteiger partial charge in [-0.2, -0.15) is 5.10 Å². The Hall–Kier alpha value is -3.21. The van der Waals surface area contributed by atoms with Crippen molar-refractivity contribution in [1.82, 2.24) is 9.78 Å². The molecule has 0 radical (unpaired) electrons. The molecule has 0 saturated heterocycles. The molecule has 0 saturated carbocycles. The Morgan fingerprint density at radius 3 is 2.45 bits per heavy atom. The van der Waals surface area contributed by atoms with Crippen LogP contribution in [0.5, 0.6) is 0 Å². The number of nitrogens with zero attached hydrogens (tertiary/aromatic N) is 2. The van der Waals surface area contributed by atoms with Gasteiger partial charge in [0.1, 0.15) is 6.54 Å². The molecule has 5 heteroatoms. The molecule has 4 rings (SSSR count). The molecule has 1 heterocycles. The summed E-state index contributed by atoms with van der Waals surface area (Å²) in [4.78, 5) is 25.9. The highest BCUT2D eigenvalue weighted by molar-refractivity contribution is 5.90. The summed E-state index contributed by atoms with van der Waals surface area (Å²) >= 11 is 0. The quantitative estimate of drug-likeness (QED) is 0.662. The predicted octanol–water partition coefficient (Wildman–Crippen LogP) is 4.61. The molecular weight excluding hydrogens is 386 g/mol. The number of hydrogen-bond donors (Lipinski definition) is 1. The Bertz CT molecular complexity index is 1180. The van der Waals surface area contributed by atoms with Crippen LogP contribution in [0.25, 0.3) is 11.3 Å². The molecule has 1 aromatic heterocycles. The number of amides is 1. The van der Waals surface area contributed by atoms with E-state index in [4.69, 9.17) is 5.10 Å². The van der Waals surface area contributed by atoms with E-state index in [-0.39, 0.29) is 18.0 Å². The van der Waals surface area contributed by atoms with E-state index >= 15 is 0 Å². The third-order valence-corrected chi connectivity index (χ3v) is 6.05. The topological polar surface area (TPSA) is 64.0 Å². The SMILES string of the molecule is CCc1ccc(NC(=O)Cn2nc(-c3cc(C)ccc3C)c3c(c2=O)CCCC3)cc1. The Labute approximate surface area is 183 Å². The summed E-state index contributed by atoms with van der Waals surface area (Å²) in [5.74, 6) is -0.249. The molecule has 0 aliphatic heterocycles. The number of rotatable bonds is 5. The Morgan fingerprint density at radius 1 is 1.03 bits per heavy atom. The van der Waals surface area contributed by atoms with Gasteiger partial charge in [0.25, 0.3) is 5.56 Å². The maximum atomic E-state index is 13.1. The highest BCUT2D eigenvalue weighted by atomic mass is 16.2. The first-order valence-corrected chi connectivity index (χ1v) is 11.1. The largest absolute Gasteiger partial charge is 0.324 e. The summed E-state index contributed by atoms with van der Waals surface area (Å²) in [5.41, 5.74) is 7.83. The molecule has 1 aliphatic rings. The second-order valence-electron chi connectivity index (χ2n) is 8.39. The number of hydrogen-bond acceptors (Lipinski definition) is 3. The van der Waals surface area contributed by atoms with E-state index in [1.54, 1.807) is 0 Å². The van der Waals surface area contributed by atoms with Gasteiger partial charge in [0, 0.05) is 16.8 Å². The average Bonchev–Trinajstić information content (AvgIpc) is 2.78. The number of anilines is 1. The normalized spacial score (nSPS) is 13.0. The van der Waals surface area contributed by atoms with E-state index in [2.05, 4.69) is 44.3 Å². The monoisotopic (exact) mass is 415 g/mol. The Morgan fingerprint density at radius 2 is 1.74 bits per heavy atom. The van der Waals surface area contributed by atoms with E-state index in [0.717, 1.165) is 71.3 Å². The first-order valence-electron chi connectivity index (χ1n) is 11.1. The van der Waals surface area contributed by atoms with Crippen molar-refractivity contribution in [3.05, 3.63) is 80.6 Å². The summed E-state index contributed by atoms with van der Waals surface area (Å²) in [7, 11) is 0. The van der Waals surface area contributed by atoms with Crippen LogP contribution in [-0.4, -0.2) is 15.7 Å². The molecule has 1 N–H and O–H groups in total. The minimum absolute atomic E-state index is 0.0977. The standard InChI is InChI=1S/C26H29N3O2/c1-4-19-11-13-20(14-12-19)27-24(30)16-29-26(31)22-8-6-5-7-21(22)25(28-29)23-15-17(2)9-10-18(23)3/h9-15H,4-8,16H2,1-3H3,(H,27,30). The Kier molecular flexibility index (Phi) is 6.03. The number of fused-ring (bicyclic) bond motifs is 1. The van der Waals surface area contributed by atoms with Crippen LogP contribution in [-0.2, 0) is 30.6 Å². The predicted molar refractivity (Wildman–Crippen MR) is 124 cm³/mol. The van der Waals surface area contributed by atoms with Crippen molar-refractivity contribution < 1.29 is 4.79 Å². The lowest BCUT2D eigenvalue weighted by Gasteiger charge is -2.21. The third kappa shape index (κ3) is 4.46. The van der Waals surface area contributed by atoms with Gasteiger partial charge < -0.3 is 5.32 Å². The van der Waals surface area contributed by atoms with Crippen LogP contribution < -0.4 is 10.9 Å². The Balaban J connectivity index is 1.69. The van der Waals surface area contributed by atoms with E-state index in [1.165, 1.54) is 10.2 Å². The van der Waals surface area contributed by atoms with Crippen LogP contribution in [0.15, 0.2) is 47.3 Å². The van der Waals surface area contributed by atoms with Crippen LogP contribution in [0.3, 0.4) is 0 Å². The lowest BCUT2D eigenvalue weighted by atomic mass is 9.88. The van der Waals surface area contributed by atoms with Gasteiger partial charge in [0.15, 0.2) is 0 Å². The van der Waals surface area contributed by atoms with Gasteiger partial charge in [-0.05, 0) is 80.8 Å². The third-order valence-electron chi connectivity index (χ3n) is 6.05. The molecule has 1 aliphatic carbocycles. The van der Waals surface area contributed by atoms with Gasteiger partial charge in [-0.1, -0.05) is 36.8 Å². The highest BCUT2D eigenvalue weighted by Gasteiger charge is 2.23. The van der Waals surface area contributed by atoms with Crippen LogP contribution in [0.4, 0.5) is 5.69 Å². The molecule has 0 spiro atoms. The average molecular weight is 416 g/mol. The summed E-state index contributed by atoms with van der Waals surface area (Å²) in [6.07, 6.45) is 4.61. The van der Waals surface area contributed by atoms with Crippen LogP contribution in [0.2, 0.25) is 0 Å². The lowest BCUT2D eigenvalue weighted by Crippen LogP contribution is -2.34. The first kappa shape index (κ1) is 21.0. The fourth-order valence-corrected chi connectivity index (χ4v) is 4.26. The molecular formula is C26H29N3O2. The van der Waals surface area contributed by atoms with E-state index in [0.29, 0.717) is 0 Å². The van der Waals surface area contributed by atoms with Crippen LogP contribution in [0.1, 0.15) is 47.6 Å². The number of aryl methyl sites for hydroxylation is 3. The number of carbonyl (C=O) groups excluding carboxylic acids is 1. The van der Waals surface area contributed by atoms with Gasteiger partial charge in [0.05, 0.1) is 5.69 Å². The number of aromatic nitrogens is 2. The number of carbonyl (C=O) groups is 1. The van der Waals surface area contributed by atoms with Crippen LogP contribution in [0, 0.1) is 13.8 Å². The zero-order valence-electron chi connectivity index (χ0n) is 18.5. The molecule has 2 aromatic carbocycles. The molecule has 160 valence electrons. The summed E-state index contributed by atoms with van der Waals surface area (Å²) in [5, 5.41) is 7.60. The first-order chi connectivity index (χ1) is 15.0. The highest BCUT2D eigenvalue weighted by Crippen LogP contribution is 2.30. The lowest BCUT2D eigenvalue weighted by molar-refractivity contribution is -0.117.